The molecule has 1 heterocycles. The second-order valence-electron chi connectivity index (χ2n) is 6.82. The molecule has 0 spiro atoms. The molecule has 0 N–H and O–H groups in total. The molecule has 110 valence electrons. The Hall–Kier alpha value is -1.35. The zero-order chi connectivity index (χ0) is 15.0. The van der Waals surface area contributed by atoms with Crippen LogP contribution in [-0.2, 0) is 32.7 Å². The molecule has 0 unspecified atom stereocenters. The lowest BCUT2D eigenvalue weighted by Gasteiger charge is -2.34. The third kappa shape index (κ3) is 3.40. The number of esters is 1. The lowest BCUT2D eigenvalue weighted by atomic mass is 9.85. The number of carbonyl (C=O) groups excluding carboxylic acids is 1. The predicted molar refractivity (Wildman–Crippen MR) is 78.7 cm³/mol. The Balaban J connectivity index is 2.24. The number of benzene rings is 1. The molecule has 1 aliphatic heterocycles. The van der Waals surface area contributed by atoms with Crippen molar-refractivity contribution >= 4 is 5.97 Å². The molecule has 0 saturated heterocycles. The largest absolute Gasteiger partial charge is 0.460 e. The molecule has 0 fully saturated rings. The maximum absolute atomic E-state index is 12.0. The van der Waals surface area contributed by atoms with Gasteiger partial charge in [0.15, 0.2) is 0 Å². The van der Waals surface area contributed by atoms with Crippen LogP contribution < -0.4 is 0 Å². The van der Waals surface area contributed by atoms with E-state index in [1.807, 2.05) is 32.9 Å². The van der Waals surface area contributed by atoms with Crippen LogP contribution in [0.1, 0.15) is 51.3 Å². The molecule has 0 aromatic heterocycles. The quantitative estimate of drug-likeness (QED) is 0.777. The molecule has 0 amide bonds. The van der Waals surface area contributed by atoms with Crippen LogP contribution >= 0.6 is 0 Å². The predicted octanol–water partition coefficient (Wildman–Crippen LogP) is 3.38. The van der Waals surface area contributed by atoms with E-state index < -0.39 is 5.60 Å². The molecule has 0 radical (unpaired) electrons. The van der Waals surface area contributed by atoms with Gasteiger partial charge in [-0.1, -0.05) is 18.2 Å². The molecule has 0 bridgehead atoms. The van der Waals surface area contributed by atoms with E-state index in [-0.39, 0.29) is 11.6 Å². The lowest BCUT2D eigenvalue weighted by molar-refractivity contribution is -0.153. The van der Waals surface area contributed by atoms with Crippen LogP contribution in [0.3, 0.4) is 0 Å². The van der Waals surface area contributed by atoms with Crippen molar-refractivity contribution in [3.8, 4) is 0 Å². The van der Waals surface area contributed by atoms with Crippen molar-refractivity contribution in [2.45, 2.75) is 58.7 Å². The van der Waals surface area contributed by atoms with Gasteiger partial charge in [0.2, 0.25) is 0 Å². The third-order valence-corrected chi connectivity index (χ3v) is 3.49. The molecule has 0 atom stereocenters. The highest BCUT2D eigenvalue weighted by Crippen LogP contribution is 2.34. The molecule has 1 aromatic carbocycles. The number of rotatable bonds is 2. The van der Waals surface area contributed by atoms with E-state index in [0.717, 1.165) is 12.0 Å². The topological polar surface area (TPSA) is 35.5 Å². The summed E-state index contributed by atoms with van der Waals surface area (Å²) in [5.74, 6) is -0.171. The molecule has 2 rings (SSSR count). The van der Waals surface area contributed by atoms with Crippen LogP contribution in [0.25, 0.3) is 0 Å². The lowest BCUT2D eigenvalue weighted by Crippen LogP contribution is -2.31. The maximum atomic E-state index is 12.0. The summed E-state index contributed by atoms with van der Waals surface area (Å²) in [4.78, 5) is 12.0. The summed E-state index contributed by atoms with van der Waals surface area (Å²) in [5.41, 5.74) is 2.78. The highest BCUT2D eigenvalue weighted by atomic mass is 16.6. The van der Waals surface area contributed by atoms with Crippen molar-refractivity contribution < 1.29 is 14.3 Å². The van der Waals surface area contributed by atoms with Gasteiger partial charge in [-0.05, 0) is 57.7 Å². The molecule has 0 saturated carbocycles. The Morgan fingerprint density at radius 3 is 2.70 bits per heavy atom. The van der Waals surface area contributed by atoms with Crippen molar-refractivity contribution in [2.24, 2.45) is 0 Å². The van der Waals surface area contributed by atoms with Crippen molar-refractivity contribution in [3.63, 3.8) is 0 Å². The normalized spacial score (nSPS) is 17.4. The number of hydrogen-bond acceptors (Lipinski definition) is 3. The van der Waals surface area contributed by atoms with Gasteiger partial charge in [-0.2, -0.15) is 0 Å². The van der Waals surface area contributed by atoms with Crippen molar-refractivity contribution in [3.05, 3.63) is 34.9 Å². The Bertz CT molecular complexity index is 509. The smallest absolute Gasteiger partial charge is 0.310 e. The average molecular weight is 276 g/mol. The fourth-order valence-corrected chi connectivity index (χ4v) is 2.68. The molecule has 1 aromatic rings. The summed E-state index contributed by atoms with van der Waals surface area (Å²) >= 11 is 0. The minimum atomic E-state index is -0.436. The molecule has 1 aliphatic rings. The molecule has 3 nitrogen and oxygen atoms in total. The first-order chi connectivity index (χ1) is 9.19. The first-order valence-corrected chi connectivity index (χ1v) is 7.16. The van der Waals surface area contributed by atoms with Gasteiger partial charge in [-0.3, -0.25) is 4.79 Å². The van der Waals surface area contributed by atoms with Crippen LogP contribution in [0.15, 0.2) is 18.2 Å². The number of hydrogen-bond donors (Lipinski definition) is 0. The molecule has 0 aliphatic carbocycles. The highest BCUT2D eigenvalue weighted by Gasteiger charge is 2.30. The van der Waals surface area contributed by atoms with Crippen LogP contribution in [-0.4, -0.2) is 18.2 Å². The monoisotopic (exact) mass is 276 g/mol. The van der Waals surface area contributed by atoms with Gasteiger partial charge in [-0.25, -0.2) is 0 Å². The highest BCUT2D eigenvalue weighted by molar-refractivity contribution is 5.73. The van der Waals surface area contributed by atoms with Crippen molar-refractivity contribution in [1.82, 2.24) is 0 Å². The van der Waals surface area contributed by atoms with E-state index in [0.29, 0.717) is 13.0 Å². The summed E-state index contributed by atoms with van der Waals surface area (Å²) in [6.07, 6.45) is 1.19. The summed E-state index contributed by atoms with van der Waals surface area (Å²) < 4.78 is 11.2. The maximum Gasteiger partial charge on any atom is 0.310 e. The van der Waals surface area contributed by atoms with Crippen LogP contribution in [0.4, 0.5) is 0 Å². The van der Waals surface area contributed by atoms with Crippen LogP contribution in [0.2, 0.25) is 0 Å². The Labute approximate surface area is 121 Å². The van der Waals surface area contributed by atoms with Gasteiger partial charge in [0.25, 0.3) is 0 Å². The van der Waals surface area contributed by atoms with E-state index in [2.05, 4.69) is 19.9 Å². The van der Waals surface area contributed by atoms with Crippen LogP contribution in [0, 0.1) is 0 Å². The third-order valence-electron chi connectivity index (χ3n) is 3.49. The van der Waals surface area contributed by atoms with E-state index in [1.165, 1.54) is 11.1 Å². The molecular weight excluding hydrogens is 252 g/mol. The van der Waals surface area contributed by atoms with Crippen molar-refractivity contribution in [1.29, 1.82) is 0 Å². The van der Waals surface area contributed by atoms with Crippen molar-refractivity contribution in [2.75, 3.05) is 6.61 Å². The van der Waals surface area contributed by atoms with Gasteiger partial charge in [0.05, 0.1) is 18.6 Å². The zero-order valence-electron chi connectivity index (χ0n) is 13.1. The van der Waals surface area contributed by atoms with E-state index in [4.69, 9.17) is 9.47 Å². The van der Waals surface area contributed by atoms with Gasteiger partial charge in [0, 0.05) is 0 Å². The minimum Gasteiger partial charge on any atom is -0.460 e. The summed E-state index contributed by atoms with van der Waals surface area (Å²) in [5, 5.41) is 0. The minimum absolute atomic E-state index is 0.171. The Morgan fingerprint density at radius 2 is 2.05 bits per heavy atom. The fraction of sp³-hybridized carbons (Fsp3) is 0.588. The second-order valence-corrected chi connectivity index (χ2v) is 6.82. The Kier molecular flexibility index (Phi) is 3.92. The fourth-order valence-electron chi connectivity index (χ4n) is 2.68. The molecular formula is C17H24O3. The van der Waals surface area contributed by atoms with E-state index in [1.54, 1.807) is 0 Å². The summed E-state index contributed by atoms with van der Waals surface area (Å²) in [7, 11) is 0. The van der Waals surface area contributed by atoms with Gasteiger partial charge in [-0.15, -0.1) is 0 Å². The first-order valence-electron chi connectivity index (χ1n) is 7.16. The average Bonchev–Trinajstić information content (AvgIpc) is 2.27. The Morgan fingerprint density at radius 1 is 1.35 bits per heavy atom. The first kappa shape index (κ1) is 15.0. The second kappa shape index (κ2) is 5.21. The van der Waals surface area contributed by atoms with Gasteiger partial charge in [0.1, 0.15) is 5.60 Å². The van der Waals surface area contributed by atoms with Crippen LogP contribution in [0.5, 0.6) is 0 Å². The van der Waals surface area contributed by atoms with Gasteiger partial charge < -0.3 is 9.47 Å². The van der Waals surface area contributed by atoms with Gasteiger partial charge >= 0.3 is 5.97 Å². The summed E-state index contributed by atoms with van der Waals surface area (Å²) in [6.45, 7) is 10.5. The number of ether oxygens (including phenoxy) is 2. The number of carbonyl (C=O) groups is 1. The van der Waals surface area contributed by atoms with E-state index >= 15 is 0 Å². The zero-order valence-corrected chi connectivity index (χ0v) is 13.1. The standard InChI is InChI=1S/C17H24O3/c1-16(2,3)20-15(18)11-12-7-6-8-14-13(12)9-10-19-17(14,4)5/h6-8H,9-11H2,1-5H3. The number of fused-ring (bicyclic) bond motifs is 1. The SMILES string of the molecule is CC(C)(C)OC(=O)Cc1cccc2c1CCOC2(C)C. The molecule has 3 heteroatoms. The molecule has 20 heavy (non-hydrogen) atoms. The summed E-state index contributed by atoms with van der Waals surface area (Å²) in [6, 6.07) is 6.10. The van der Waals surface area contributed by atoms with E-state index in [9.17, 15) is 4.79 Å².